The molecule has 0 aliphatic rings. The number of thioether (sulfide) groups is 1. The summed E-state index contributed by atoms with van der Waals surface area (Å²) in [5.41, 5.74) is 4.54. The zero-order chi connectivity index (χ0) is 19.8. The van der Waals surface area contributed by atoms with Gasteiger partial charge in [0.2, 0.25) is 0 Å². The number of hydrazone groups is 1. The summed E-state index contributed by atoms with van der Waals surface area (Å²) in [5, 5.41) is 7.35. The molecule has 0 unspecified atom stereocenters. The van der Waals surface area contributed by atoms with Crippen LogP contribution < -0.4 is 15.5 Å². The van der Waals surface area contributed by atoms with Gasteiger partial charge in [-0.25, -0.2) is 5.43 Å². The highest BCUT2D eigenvalue weighted by Crippen LogP contribution is 2.34. The molecule has 0 radical (unpaired) electrons. The van der Waals surface area contributed by atoms with Gasteiger partial charge in [-0.3, -0.25) is 9.59 Å². The molecule has 2 rings (SSSR count). The van der Waals surface area contributed by atoms with Gasteiger partial charge in [-0.15, -0.1) is 11.8 Å². The molecule has 0 saturated heterocycles. The molecule has 0 aliphatic heterocycles. The molecule has 0 saturated carbocycles. The number of allylic oxidation sites excluding steroid dienone is 1. The number of methoxy groups -OCH3 is 1. The second kappa shape index (κ2) is 9.94. The maximum Gasteiger partial charge on any atom is 0.287 e. The number of nitrogens with zero attached hydrogens (tertiary/aromatic N) is 1. The molecule has 1 heterocycles. The summed E-state index contributed by atoms with van der Waals surface area (Å²) in [4.78, 5) is 24.7. The second-order valence-corrected chi connectivity index (χ2v) is 7.73. The first kappa shape index (κ1) is 20.7. The van der Waals surface area contributed by atoms with E-state index in [1.807, 2.05) is 18.4 Å². The summed E-state index contributed by atoms with van der Waals surface area (Å²) in [6.45, 7) is 3.49. The lowest BCUT2D eigenvalue weighted by Gasteiger charge is -2.10. The summed E-state index contributed by atoms with van der Waals surface area (Å²) >= 11 is 3.11. The Bertz CT molecular complexity index is 870. The normalized spacial score (nSPS) is 10.5. The summed E-state index contributed by atoms with van der Waals surface area (Å²) in [6.07, 6.45) is 3.50. The van der Waals surface area contributed by atoms with Crippen molar-refractivity contribution in [3.63, 3.8) is 0 Å². The summed E-state index contributed by atoms with van der Waals surface area (Å²) in [5.74, 6) is -0.843. The fourth-order valence-corrected chi connectivity index (χ4v) is 3.60. The summed E-state index contributed by atoms with van der Waals surface area (Å²) < 4.78 is 6.39. The minimum atomic E-state index is -0.491. The van der Waals surface area contributed by atoms with Crippen molar-refractivity contribution in [2.24, 2.45) is 5.10 Å². The van der Waals surface area contributed by atoms with Gasteiger partial charge in [0.15, 0.2) is 5.06 Å². The lowest BCUT2D eigenvalue weighted by atomic mass is 10.2. The molecule has 2 amide bonds. The van der Waals surface area contributed by atoms with Crippen molar-refractivity contribution in [1.29, 1.82) is 0 Å². The second-order valence-electron chi connectivity index (χ2n) is 5.61. The van der Waals surface area contributed by atoms with Crippen molar-refractivity contribution in [2.75, 3.05) is 13.4 Å². The van der Waals surface area contributed by atoms with E-state index in [2.05, 4.69) is 15.8 Å². The van der Waals surface area contributed by atoms with Crippen molar-refractivity contribution in [2.45, 2.75) is 18.1 Å². The largest absolute Gasteiger partial charge is 0.487 e. The monoisotopic (exact) mass is 403 g/mol. The Kier molecular flexibility index (Phi) is 7.63. The third-order valence-corrected chi connectivity index (χ3v) is 5.64. The number of hydrogen-bond donors (Lipinski definition) is 2. The van der Waals surface area contributed by atoms with Gasteiger partial charge < -0.3 is 10.1 Å². The van der Waals surface area contributed by atoms with Crippen LogP contribution >= 0.6 is 23.1 Å². The smallest absolute Gasteiger partial charge is 0.287 e. The van der Waals surface area contributed by atoms with Crippen molar-refractivity contribution in [3.05, 3.63) is 58.8 Å². The van der Waals surface area contributed by atoms with Gasteiger partial charge in [0.05, 0.1) is 17.5 Å². The first-order valence-electron chi connectivity index (χ1n) is 8.05. The van der Waals surface area contributed by atoms with Crippen molar-refractivity contribution in [3.8, 4) is 5.06 Å². The highest BCUT2D eigenvalue weighted by molar-refractivity contribution is 8.00. The fraction of sp³-hybridized carbons (Fsp3) is 0.211. The van der Waals surface area contributed by atoms with Gasteiger partial charge in [-0.2, -0.15) is 5.10 Å². The van der Waals surface area contributed by atoms with E-state index in [9.17, 15) is 9.59 Å². The molecule has 1 aromatic heterocycles. The highest BCUT2D eigenvalue weighted by Gasteiger charge is 2.15. The third kappa shape index (κ3) is 5.70. The Hall–Kier alpha value is -2.58. The highest BCUT2D eigenvalue weighted by atomic mass is 32.2. The van der Waals surface area contributed by atoms with Crippen LogP contribution in [0.2, 0.25) is 0 Å². The third-order valence-electron chi connectivity index (χ3n) is 3.46. The summed E-state index contributed by atoms with van der Waals surface area (Å²) in [6, 6.07) is 10.6. The Morgan fingerprint density at radius 3 is 2.52 bits per heavy atom. The number of amides is 2. The topological polar surface area (TPSA) is 79.8 Å². The molecule has 27 heavy (non-hydrogen) atoms. The first-order valence-corrected chi connectivity index (χ1v) is 10.1. The zero-order valence-corrected chi connectivity index (χ0v) is 17.2. The maximum absolute atomic E-state index is 12.4. The van der Waals surface area contributed by atoms with Crippen LogP contribution in [0.3, 0.4) is 0 Å². The van der Waals surface area contributed by atoms with Gasteiger partial charge in [0, 0.05) is 11.1 Å². The molecule has 2 aromatic rings. The van der Waals surface area contributed by atoms with E-state index >= 15 is 0 Å². The minimum absolute atomic E-state index is 0.170. The van der Waals surface area contributed by atoms with Gasteiger partial charge in [0.1, 0.15) is 5.70 Å². The molecule has 0 aliphatic carbocycles. The molecule has 0 spiro atoms. The van der Waals surface area contributed by atoms with E-state index in [0.717, 1.165) is 14.8 Å². The molecule has 6 nitrogen and oxygen atoms in total. The molecule has 2 N–H and O–H groups in total. The van der Waals surface area contributed by atoms with E-state index in [1.54, 1.807) is 57.0 Å². The predicted molar refractivity (Wildman–Crippen MR) is 111 cm³/mol. The average Bonchev–Trinajstić information content (AvgIpc) is 3.08. The van der Waals surface area contributed by atoms with Crippen LogP contribution in [0.15, 0.2) is 57.0 Å². The molecule has 0 atom stereocenters. The molecular weight excluding hydrogens is 382 g/mol. The maximum atomic E-state index is 12.4. The average molecular weight is 404 g/mol. The Morgan fingerprint density at radius 1 is 1.22 bits per heavy atom. The van der Waals surface area contributed by atoms with Gasteiger partial charge >= 0.3 is 0 Å². The molecule has 142 valence electrons. The lowest BCUT2D eigenvalue weighted by molar-refractivity contribution is -0.117. The SMILES string of the molecule is COc1sc(SC)cc1/C=N\NC(=O)C(NC(=O)c1ccccc1)=C(C)C. The molecule has 8 heteroatoms. The van der Waals surface area contributed by atoms with E-state index in [4.69, 9.17) is 4.74 Å². The number of carbonyl (C=O) groups is 2. The lowest BCUT2D eigenvalue weighted by Crippen LogP contribution is -2.33. The fourth-order valence-electron chi connectivity index (χ4n) is 2.12. The van der Waals surface area contributed by atoms with Crippen LogP contribution in [-0.2, 0) is 4.79 Å². The number of ether oxygens (including phenoxy) is 1. The van der Waals surface area contributed by atoms with Gasteiger partial charge in [-0.05, 0) is 43.9 Å². The Balaban J connectivity index is 2.07. The van der Waals surface area contributed by atoms with Gasteiger partial charge in [0.25, 0.3) is 11.8 Å². The van der Waals surface area contributed by atoms with E-state index in [0.29, 0.717) is 11.1 Å². The van der Waals surface area contributed by atoms with Crippen LogP contribution in [-0.4, -0.2) is 31.4 Å². The van der Waals surface area contributed by atoms with E-state index in [1.165, 1.54) is 17.6 Å². The van der Waals surface area contributed by atoms with Crippen molar-refractivity contribution in [1.82, 2.24) is 10.7 Å². The Morgan fingerprint density at radius 2 is 1.93 bits per heavy atom. The van der Waals surface area contributed by atoms with Crippen LogP contribution in [0, 0.1) is 0 Å². The van der Waals surface area contributed by atoms with E-state index in [-0.39, 0.29) is 11.6 Å². The molecular formula is C19H21N3O3S2. The number of carbonyl (C=O) groups excluding carboxylic acids is 2. The zero-order valence-electron chi connectivity index (χ0n) is 15.5. The van der Waals surface area contributed by atoms with Crippen molar-refractivity contribution < 1.29 is 14.3 Å². The number of benzene rings is 1. The molecule has 0 fully saturated rings. The Labute approximate surface area is 166 Å². The van der Waals surface area contributed by atoms with Gasteiger partial charge in [-0.1, -0.05) is 29.5 Å². The van der Waals surface area contributed by atoms with Crippen LogP contribution in [0.5, 0.6) is 5.06 Å². The number of nitrogens with one attached hydrogen (secondary N) is 2. The first-order chi connectivity index (χ1) is 13.0. The van der Waals surface area contributed by atoms with Crippen LogP contribution in [0.1, 0.15) is 29.8 Å². The van der Waals surface area contributed by atoms with E-state index < -0.39 is 5.91 Å². The van der Waals surface area contributed by atoms with Crippen LogP contribution in [0.25, 0.3) is 0 Å². The predicted octanol–water partition coefficient (Wildman–Crippen LogP) is 3.65. The molecule has 1 aromatic carbocycles. The van der Waals surface area contributed by atoms with Crippen molar-refractivity contribution >= 4 is 41.1 Å². The minimum Gasteiger partial charge on any atom is -0.487 e. The number of thiophene rings is 1. The number of hydrogen-bond acceptors (Lipinski definition) is 6. The quantitative estimate of drug-likeness (QED) is 0.320. The number of rotatable bonds is 7. The molecule has 0 bridgehead atoms. The summed E-state index contributed by atoms with van der Waals surface area (Å²) in [7, 11) is 1.59. The van der Waals surface area contributed by atoms with Crippen LogP contribution in [0.4, 0.5) is 0 Å². The standard InChI is InChI=1S/C19H21N3O3S2/c1-12(2)16(21-17(23)13-8-6-5-7-9-13)18(24)22-20-11-14-10-15(26-4)27-19(14)25-3/h5-11H,1-4H3,(H,21,23)(H,22,24)/b20-11-.